The van der Waals surface area contributed by atoms with Crippen molar-refractivity contribution in [1.29, 1.82) is 0 Å². The van der Waals surface area contributed by atoms with Crippen molar-refractivity contribution in [3.8, 4) is 5.75 Å². The largest absolute Gasteiger partial charge is 0.495 e. The summed E-state index contributed by atoms with van der Waals surface area (Å²) in [7, 11) is 1.72. The van der Waals surface area contributed by atoms with Crippen LogP contribution < -0.4 is 9.64 Å². The van der Waals surface area contributed by atoms with Gasteiger partial charge in [0.05, 0.1) is 18.9 Å². The molecule has 0 spiro atoms. The summed E-state index contributed by atoms with van der Waals surface area (Å²) < 4.78 is 5.49. The highest BCUT2D eigenvalue weighted by molar-refractivity contribution is 5.84. The van der Waals surface area contributed by atoms with Gasteiger partial charge in [0, 0.05) is 54.9 Å². The number of para-hydroxylation sites is 3. The van der Waals surface area contributed by atoms with Crippen LogP contribution in [0.5, 0.6) is 5.75 Å². The fourth-order valence-electron chi connectivity index (χ4n) is 4.13. The molecule has 0 unspecified atom stereocenters. The third-order valence-corrected chi connectivity index (χ3v) is 5.51. The number of rotatable bonds is 5. The summed E-state index contributed by atoms with van der Waals surface area (Å²) in [5.74, 6) is 0.917. The molecule has 3 aromatic rings. The number of piperazine rings is 1. The molecule has 0 saturated carbocycles. The van der Waals surface area contributed by atoms with Crippen molar-refractivity contribution in [1.82, 2.24) is 9.88 Å². The zero-order chi connectivity index (χ0) is 18.8. The first kappa shape index (κ1) is 17.9. The average Bonchev–Trinajstić information content (AvgIpc) is 3.04. The number of ether oxygens (including phenoxy) is 1. The van der Waals surface area contributed by atoms with E-state index in [4.69, 9.17) is 4.74 Å². The number of fused-ring (bicyclic) bond motifs is 1. The van der Waals surface area contributed by atoms with E-state index in [2.05, 4.69) is 33.0 Å². The molecular formula is C22H27N3O2. The Labute approximate surface area is 160 Å². The maximum absolute atomic E-state index is 10.9. The lowest BCUT2D eigenvalue weighted by molar-refractivity contribution is 0.110. The van der Waals surface area contributed by atoms with Gasteiger partial charge in [-0.05, 0) is 25.1 Å². The second-order valence-corrected chi connectivity index (χ2v) is 7.18. The van der Waals surface area contributed by atoms with Gasteiger partial charge < -0.3 is 19.7 Å². The minimum atomic E-state index is -0.487. The third-order valence-electron chi connectivity index (χ3n) is 5.51. The summed E-state index contributed by atoms with van der Waals surface area (Å²) in [5, 5.41) is 12.0. The summed E-state index contributed by atoms with van der Waals surface area (Å²) in [6, 6.07) is 16.3. The molecule has 2 N–H and O–H groups in total. The fraction of sp³-hybridized carbons (Fsp3) is 0.364. The van der Waals surface area contributed by atoms with E-state index in [-0.39, 0.29) is 0 Å². The Bertz CT molecular complexity index is 913. The molecule has 2 aromatic carbocycles. The number of nitrogens with one attached hydrogen (secondary N) is 1. The van der Waals surface area contributed by atoms with Crippen molar-refractivity contribution in [2.24, 2.45) is 0 Å². The van der Waals surface area contributed by atoms with Crippen molar-refractivity contribution < 1.29 is 9.84 Å². The molecule has 0 aliphatic carbocycles. The van der Waals surface area contributed by atoms with E-state index >= 15 is 0 Å². The molecule has 1 saturated heterocycles. The Kier molecular flexibility index (Phi) is 5.05. The van der Waals surface area contributed by atoms with Crippen LogP contribution in [-0.4, -0.2) is 54.8 Å². The lowest BCUT2D eigenvalue weighted by Gasteiger charge is -2.37. The van der Waals surface area contributed by atoms with E-state index < -0.39 is 6.10 Å². The van der Waals surface area contributed by atoms with Crippen LogP contribution in [0.4, 0.5) is 5.69 Å². The molecule has 1 aliphatic rings. The van der Waals surface area contributed by atoms with E-state index in [0.717, 1.165) is 59.8 Å². The van der Waals surface area contributed by atoms with E-state index in [9.17, 15) is 5.11 Å². The topological polar surface area (TPSA) is 51.7 Å². The van der Waals surface area contributed by atoms with Crippen molar-refractivity contribution >= 4 is 16.6 Å². The summed E-state index contributed by atoms with van der Waals surface area (Å²) >= 11 is 0. The zero-order valence-corrected chi connectivity index (χ0v) is 16.0. The fourth-order valence-corrected chi connectivity index (χ4v) is 4.13. The molecule has 5 nitrogen and oxygen atoms in total. The van der Waals surface area contributed by atoms with Crippen molar-refractivity contribution in [3.05, 3.63) is 59.8 Å². The molecule has 2 heterocycles. The van der Waals surface area contributed by atoms with Gasteiger partial charge in [-0.25, -0.2) is 0 Å². The third kappa shape index (κ3) is 3.53. The number of methoxy groups -OCH3 is 1. The molecule has 27 heavy (non-hydrogen) atoms. The Morgan fingerprint density at radius 2 is 1.74 bits per heavy atom. The Hall–Kier alpha value is -2.50. The molecule has 1 aliphatic heterocycles. The molecule has 1 atom stereocenters. The van der Waals surface area contributed by atoms with Crippen LogP contribution in [0.15, 0.2) is 48.5 Å². The average molecular weight is 365 g/mol. The van der Waals surface area contributed by atoms with E-state index in [1.54, 1.807) is 7.11 Å². The molecule has 5 heteroatoms. The van der Waals surface area contributed by atoms with Crippen LogP contribution in [0.25, 0.3) is 10.9 Å². The summed E-state index contributed by atoms with van der Waals surface area (Å²) in [4.78, 5) is 8.09. The van der Waals surface area contributed by atoms with Gasteiger partial charge in [0.1, 0.15) is 5.75 Å². The molecule has 4 rings (SSSR count). The minimum Gasteiger partial charge on any atom is -0.495 e. The van der Waals surface area contributed by atoms with Crippen LogP contribution >= 0.6 is 0 Å². The Morgan fingerprint density at radius 1 is 1.04 bits per heavy atom. The molecule has 142 valence electrons. The molecule has 0 radical (unpaired) electrons. The molecular weight excluding hydrogens is 338 g/mol. The van der Waals surface area contributed by atoms with Crippen molar-refractivity contribution in [3.63, 3.8) is 0 Å². The lowest BCUT2D eigenvalue weighted by Crippen LogP contribution is -2.47. The van der Waals surface area contributed by atoms with Crippen molar-refractivity contribution in [2.45, 2.75) is 13.0 Å². The zero-order valence-electron chi connectivity index (χ0n) is 16.0. The number of aryl methyl sites for hydroxylation is 1. The predicted octanol–water partition coefficient (Wildman–Crippen LogP) is 3.34. The van der Waals surface area contributed by atoms with Gasteiger partial charge in [0.2, 0.25) is 0 Å². The second-order valence-electron chi connectivity index (χ2n) is 7.18. The highest BCUT2D eigenvalue weighted by Gasteiger charge is 2.24. The Balaban J connectivity index is 1.42. The number of hydrogen-bond donors (Lipinski definition) is 2. The number of H-pyrrole nitrogens is 1. The summed E-state index contributed by atoms with van der Waals surface area (Å²) in [5.41, 5.74) is 4.31. The van der Waals surface area contributed by atoms with E-state index in [1.165, 1.54) is 0 Å². The Morgan fingerprint density at radius 3 is 2.52 bits per heavy atom. The number of hydrogen-bond acceptors (Lipinski definition) is 4. The molecule has 1 aromatic heterocycles. The molecule has 1 fully saturated rings. The van der Waals surface area contributed by atoms with Gasteiger partial charge in [-0.2, -0.15) is 0 Å². The quantitative estimate of drug-likeness (QED) is 0.728. The van der Waals surface area contributed by atoms with Crippen molar-refractivity contribution in [2.75, 3.05) is 44.7 Å². The number of nitrogens with zero attached hydrogens (tertiary/aromatic N) is 2. The highest BCUT2D eigenvalue weighted by Crippen LogP contribution is 2.30. The number of aliphatic hydroxyl groups excluding tert-OH is 1. The molecule has 0 bridgehead atoms. The maximum Gasteiger partial charge on any atom is 0.142 e. The SMILES string of the molecule is COc1ccccc1N1CCN(C[C@@H](O)c2c(C)[nH]c3ccccc23)CC1. The first-order valence-electron chi connectivity index (χ1n) is 9.53. The summed E-state index contributed by atoms with van der Waals surface area (Å²) in [6.45, 7) is 6.41. The van der Waals surface area contributed by atoms with Crippen LogP contribution in [-0.2, 0) is 0 Å². The standard InChI is InChI=1S/C22H27N3O2/c1-16-22(17-7-3-4-8-18(17)23-16)20(26)15-24-11-13-25(14-12-24)19-9-5-6-10-21(19)27-2/h3-10,20,23,26H,11-15H2,1-2H3/t20-/m1/s1. The first-order chi connectivity index (χ1) is 13.2. The smallest absolute Gasteiger partial charge is 0.142 e. The first-order valence-corrected chi connectivity index (χ1v) is 9.53. The van der Waals surface area contributed by atoms with E-state index in [1.807, 2.05) is 37.3 Å². The van der Waals surface area contributed by atoms with Crippen LogP contribution in [0.3, 0.4) is 0 Å². The predicted molar refractivity (Wildman–Crippen MR) is 110 cm³/mol. The van der Waals surface area contributed by atoms with Gasteiger partial charge >= 0.3 is 0 Å². The van der Waals surface area contributed by atoms with E-state index in [0.29, 0.717) is 6.54 Å². The van der Waals surface area contributed by atoms with Gasteiger partial charge in [-0.15, -0.1) is 0 Å². The van der Waals surface area contributed by atoms with Crippen LogP contribution in [0.2, 0.25) is 0 Å². The highest BCUT2D eigenvalue weighted by atomic mass is 16.5. The number of anilines is 1. The number of aromatic amines is 1. The van der Waals surface area contributed by atoms with Gasteiger partial charge in [-0.1, -0.05) is 30.3 Å². The number of benzene rings is 2. The number of aromatic nitrogens is 1. The van der Waals surface area contributed by atoms with Gasteiger partial charge in [0.25, 0.3) is 0 Å². The monoisotopic (exact) mass is 365 g/mol. The number of β-amino-alcohol motifs (C(OH)–C–C–N with tert-alkyl or cyclic N) is 1. The minimum absolute atomic E-state index is 0.487. The maximum atomic E-state index is 10.9. The lowest BCUT2D eigenvalue weighted by atomic mass is 10.0. The summed E-state index contributed by atoms with van der Waals surface area (Å²) in [6.07, 6.45) is -0.487. The normalized spacial score (nSPS) is 16.6. The van der Waals surface area contributed by atoms with Crippen LogP contribution in [0, 0.1) is 6.92 Å². The van der Waals surface area contributed by atoms with Crippen LogP contribution in [0.1, 0.15) is 17.4 Å². The van der Waals surface area contributed by atoms with Gasteiger partial charge in [-0.3, -0.25) is 4.90 Å². The molecule has 0 amide bonds. The number of aliphatic hydroxyl groups is 1. The van der Waals surface area contributed by atoms with Gasteiger partial charge in [0.15, 0.2) is 0 Å². The second kappa shape index (κ2) is 7.62.